The predicted octanol–water partition coefficient (Wildman–Crippen LogP) is 2.19. The van der Waals surface area contributed by atoms with Crippen LogP contribution in [0.25, 0.3) is 0 Å². The molecule has 0 unspecified atom stereocenters. The molecule has 1 atom stereocenters. The van der Waals surface area contributed by atoms with E-state index in [0.717, 1.165) is 5.69 Å². The zero-order valence-electron chi connectivity index (χ0n) is 14.2. The highest BCUT2D eigenvalue weighted by molar-refractivity contribution is 7.92. The summed E-state index contributed by atoms with van der Waals surface area (Å²) in [6, 6.07) is 6.75. The molecule has 0 aliphatic carbocycles. The van der Waals surface area contributed by atoms with E-state index >= 15 is 0 Å². The van der Waals surface area contributed by atoms with Crippen molar-refractivity contribution >= 4 is 38.6 Å². The summed E-state index contributed by atoms with van der Waals surface area (Å²) < 4.78 is 15.8. The number of nitroso groups, excluding NO2 is 1. The maximum absolute atomic E-state index is 11.7. The first-order chi connectivity index (χ1) is 11.8. The van der Waals surface area contributed by atoms with Crippen LogP contribution in [0.2, 0.25) is 0 Å². The molecule has 10 heteroatoms. The van der Waals surface area contributed by atoms with Gasteiger partial charge in [-0.25, -0.2) is 14.5 Å². The van der Waals surface area contributed by atoms with Crippen LogP contribution in [0.4, 0.5) is 28.8 Å². The molecule has 0 saturated carbocycles. The lowest BCUT2D eigenvalue weighted by atomic mass is 10.3. The van der Waals surface area contributed by atoms with Crippen molar-refractivity contribution in [2.45, 2.75) is 13.0 Å². The van der Waals surface area contributed by atoms with Crippen LogP contribution < -0.4 is 15.6 Å². The molecule has 25 heavy (non-hydrogen) atoms. The van der Waals surface area contributed by atoms with E-state index in [1.807, 2.05) is 0 Å². The highest BCUT2D eigenvalue weighted by Crippen LogP contribution is 2.23. The predicted molar refractivity (Wildman–Crippen MR) is 98.2 cm³/mol. The molecule has 0 bridgehead atoms. The zero-order valence-corrected chi connectivity index (χ0v) is 15.0. The first-order valence-electron chi connectivity index (χ1n) is 7.48. The minimum Gasteiger partial charge on any atom is -0.394 e. The van der Waals surface area contributed by atoms with Gasteiger partial charge in [0.1, 0.15) is 0 Å². The minimum absolute atomic E-state index is 0.107. The van der Waals surface area contributed by atoms with Gasteiger partial charge in [0.25, 0.3) is 0 Å². The molecule has 0 aliphatic rings. The van der Waals surface area contributed by atoms with Crippen LogP contribution >= 0.6 is 0 Å². The summed E-state index contributed by atoms with van der Waals surface area (Å²) in [5, 5.41) is 18.0. The summed E-state index contributed by atoms with van der Waals surface area (Å²) in [5.74, 6) is 0.653. The van der Waals surface area contributed by atoms with Crippen LogP contribution in [-0.2, 0) is 9.73 Å². The zero-order chi connectivity index (χ0) is 18.4. The SMILES string of the molecule is C[C@H](CO)Nc1nc(Nc2ccc(N=S(C)(C)=O)cc2)[nH+]cc1N=O. The number of benzene rings is 1. The van der Waals surface area contributed by atoms with Crippen molar-refractivity contribution in [3.63, 3.8) is 0 Å². The molecule has 0 radical (unpaired) electrons. The number of hydrogen-bond donors (Lipinski definition) is 3. The van der Waals surface area contributed by atoms with Gasteiger partial charge in [-0.1, -0.05) is 4.98 Å². The van der Waals surface area contributed by atoms with Gasteiger partial charge in [-0.05, 0) is 36.4 Å². The molecule has 1 aromatic heterocycles. The highest BCUT2D eigenvalue weighted by Gasteiger charge is 2.16. The average molecular weight is 365 g/mol. The molecule has 0 aliphatic heterocycles. The molecule has 1 heterocycles. The Kier molecular flexibility index (Phi) is 5.99. The quantitative estimate of drug-likeness (QED) is 0.645. The van der Waals surface area contributed by atoms with E-state index in [9.17, 15) is 9.12 Å². The van der Waals surface area contributed by atoms with Gasteiger partial charge >= 0.3 is 5.95 Å². The molecule has 0 spiro atoms. The van der Waals surface area contributed by atoms with Crippen molar-refractivity contribution in [1.82, 2.24) is 4.98 Å². The van der Waals surface area contributed by atoms with Gasteiger partial charge in [0, 0.05) is 28.3 Å². The van der Waals surface area contributed by atoms with Gasteiger partial charge in [0.2, 0.25) is 5.82 Å². The largest absolute Gasteiger partial charge is 0.396 e. The van der Waals surface area contributed by atoms with Crippen molar-refractivity contribution in [3.8, 4) is 0 Å². The monoisotopic (exact) mass is 365 g/mol. The molecule has 1 aromatic carbocycles. The fourth-order valence-corrected chi connectivity index (χ4v) is 2.55. The second-order valence-electron chi connectivity index (χ2n) is 5.75. The van der Waals surface area contributed by atoms with E-state index in [1.54, 1.807) is 43.7 Å². The number of H-pyrrole nitrogens is 1. The van der Waals surface area contributed by atoms with Gasteiger partial charge in [-0.2, -0.15) is 4.36 Å². The number of aliphatic hydroxyl groups is 1. The van der Waals surface area contributed by atoms with Gasteiger partial charge in [-0.15, -0.1) is 4.91 Å². The van der Waals surface area contributed by atoms with E-state index in [1.165, 1.54) is 6.20 Å². The number of nitrogens with zero attached hydrogens (tertiary/aromatic N) is 3. The molecular formula is C15H21N6O3S+. The molecule has 0 fully saturated rings. The first-order valence-corrected chi connectivity index (χ1v) is 9.81. The molecule has 2 aromatic rings. The summed E-state index contributed by atoms with van der Waals surface area (Å²) in [6.45, 7) is 1.64. The van der Waals surface area contributed by atoms with E-state index < -0.39 is 9.73 Å². The van der Waals surface area contributed by atoms with Crippen LogP contribution in [0.15, 0.2) is 40.0 Å². The molecule has 134 valence electrons. The number of aliphatic hydroxyl groups excluding tert-OH is 1. The van der Waals surface area contributed by atoms with Crippen molar-refractivity contribution < 1.29 is 14.3 Å². The Balaban J connectivity index is 2.21. The Morgan fingerprint density at radius 3 is 2.56 bits per heavy atom. The minimum atomic E-state index is -2.21. The third kappa shape index (κ3) is 5.76. The van der Waals surface area contributed by atoms with Crippen molar-refractivity contribution in [3.05, 3.63) is 35.4 Å². The maximum atomic E-state index is 11.7. The number of rotatable bonds is 7. The fraction of sp³-hybridized carbons (Fsp3) is 0.333. The molecule has 4 N–H and O–H groups in total. The summed E-state index contributed by atoms with van der Waals surface area (Å²) in [7, 11) is -2.21. The van der Waals surface area contributed by atoms with E-state index in [2.05, 4.69) is 30.1 Å². The van der Waals surface area contributed by atoms with E-state index in [0.29, 0.717) is 11.6 Å². The lowest BCUT2D eigenvalue weighted by Gasteiger charge is -2.09. The number of anilines is 3. The molecule has 2 rings (SSSR count). The van der Waals surface area contributed by atoms with Crippen LogP contribution in [0.1, 0.15) is 6.92 Å². The molecule has 9 nitrogen and oxygen atoms in total. The van der Waals surface area contributed by atoms with Crippen molar-refractivity contribution in [2.24, 2.45) is 9.54 Å². The molecule has 0 saturated heterocycles. The van der Waals surface area contributed by atoms with Crippen LogP contribution in [0.5, 0.6) is 0 Å². The lowest BCUT2D eigenvalue weighted by molar-refractivity contribution is -0.363. The highest BCUT2D eigenvalue weighted by atomic mass is 32.2. The summed E-state index contributed by atoms with van der Waals surface area (Å²) in [4.78, 5) is 17.9. The average Bonchev–Trinajstić information content (AvgIpc) is 2.55. The Hall–Kier alpha value is -2.59. The van der Waals surface area contributed by atoms with Gasteiger partial charge in [0.15, 0.2) is 5.69 Å². The summed E-state index contributed by atoms with van der Waals surface area (Å²) in [5.41, 5.74) is 1.46. The van der Waals surface area contributed by atoms with E-state index in [-0.39, 0.29) is 24.2 Å². The Bertz CT molecular complexity index is 854. The third-order valence-electron chi connectivity index (χ3n) is 3.02. The first kappa shape index (κ1) is 18.7. The standard InChI is InChI=1S/C15H20N6O3S/c1-10(9-22)17-14-13(20-23)8-16-15(19-14)18-11-4-6-12(7-5-11)21-25(2,3)24/h4-8,10,22H,9H2,1-3H3,(H2,16,17,18,19)/p+1/t10-/m1/s1. The Labute approximate surface area is 146 Å². The van der Waals surface area contributed by atoms with Crippen LogP contribution in [-0.4, -0.2) is 39.5 Å². The van der Waals surface area contributed by atoms with Gasteiger partial charge in [-0.3, -0.25) is 0 Å². The molecule has 0 amide bonds. The summed E-state index contributed by atoms with van der Waals surface area (Å²) >= 11 is 0. The Morgan fingerprint density at radius 1 is 1.32 bits per heavy atom. The lowest BCUT2D eigenvalue weighted by Crippen LogP contribution is -2.22. The smallest absolute Gasteiger partial charge is 0.394 e. The number of aromatic nitrogens is 2. The fourth-order valence-electron chi connectivity index (χ4n) is 1.92. The van der Waals surface area contributed by atoms with Crippen molar-refractivity contribution in [2.75, 3.05) is 29.8 Å². The van der Waals surface area contributed by atoms with E-state index in [4.69, 9.17) is 5.11 Å². The maximum Gasteiger partial charge on any atom is 0.396 e. The number of aromatic amines is 1. The van der Waals surface area contributed by atoms with Crippen LogP contribution in [0, 0.1) is 4.91 Å². The second kappa shape index (κ2) is 7.99. The van der Waals surface area contributed by atoms with Crippen molar-refractivity contribution in [1.29, 1.82) is 0 Å². The van der Waals surface area contributed by atoms with Crippen LogP contribution in [0.3, 0.4) is 0 Å². The Morgan fingerprint density at radius 2 is 2.00 bits per heavy atom. The number of hydrogen-bond acceptors (Lipinski definition) is 8. The van der Waals surface area contributed by atoms with Gasteiger partial charge < -0.3 is 10.4 Å². The normalized spacial score (nSPS) is 12.3. The third-order valence-corrected chi connectivity index (χ3v) is 3.67. The number of nitrogens with one attached hydrogen (secondary N) is 3. The second-order valence-corrected chi connectivity index (χ2v) is 8.29. The van der Waals surface area contributed by atoms with Gasteiger partial charge in [0.05, 0.1) is 24.2 Å². The topological polar surface area (TPSA) is 130 Å². The molecular weight excluding hydrogens is 344 g/mol. The summed E-state index contributed by atoms with van der Waals surface area (Å²) in [6.07, 6.45) is 4.56.